The van der Waals surface area contributed by atoms with Crippen molar-refractivity contribution in [2.45, 2.75) is 33.0 Å². The molecule has 7 heteroatoms. The van der Waals surface area contributed by atoms with Crippen LogP contribution in [0.1, 0.15) is 29.9 Å². The van der Waals surface area contributed by atoms with E-state index in [1.165, 1.54) is 4.40 Å². The Balaban J connectivity index is 1.87. The van der Waals surface area contributed by atoms with Crippen molar-refractivity contribution in [1.82, 2.24) is 18.9 Å². The minimum Gasteiger partial charge on any atom is -0.372 e. The van der Waals surface area contributed by atoms with E-state index >= 15 is 0 Å². The van der Waals surface area contributed by atoms with Crippen LogP contribution in [0, 0.1) is 6.92 Å². The first-order valence-corrected chi connectivity index (χ1v) is 8.79. The van der Waals surface area contributed by atoms with E-state index in [0.717, 1.165) is 5.56 Å². The molecule has 0 unspecified atom stereocenters. The molecule has 136 valence electrons. The molecule has 7 nitrogen and oxygen atoms in total. The van der Waals surface area contributed by atoms with Gasteiger partial charge in [0.15, 0.2) is 0 Å². The topological polar surface area (TPSA) is 68.8 Å². The molecule has 0 aromatic carbocycles. The first-order valence-electron chi connectivity index (χ1n) is 8.79. The minimum atomic E-state index is -0.160. The summed E-state index contributed by atoms with van der Waals surface area (Å²) in [6.07, 6.45) is 1.69. The summed E-state index contributed by atoms with van der Waals surface area (Å²) < 4.78 is 8.96. The second-order valence-electron chi connectivity index (χ2n) is 7.10. The summed E-state index contributed by atoms with van der Waals surface area (Å²) in [7, 11) is 1.78. The van der Waals surface area contributed by atoms with E-state index in [0.29, 0.717) is 35.5 Å². The standard InChI is InChI=1S/C19H22N4O3/c1-11-6-5-7-23-16(11)20-17-14(18(23)24)8-15(21(17)4)19(25)22-9-12(2)26-13(3)10-22/h5-8,12-13H,9-10H2,1-4H3/t12-,13+. The summed E-state index contributed by atoms with van der Waals surface area (Å²) in [6.45, 7) is 6.91. The van der Waals surface area contributed by atoms with Gasteiger partial charge in [-0.2, -0.15) is 0 Å². The highest BCUT2D eigenvalue weighted by atomic mass is 16.5. The zero-order chi connectivity index (χ0) is 18.6. The summed E-state index contributed by atoms with van der Waals surface area (Å²) in [4.78, 5) is 32.4. The van der Waals surface area contributed by atoms with E-state index in [1.54, 1.807) is 28.8 Å². The molecule has 0 radical (unpaired) electrons. The van der Waals surface area contributed by atoms with Crippen LogP contribution in [0.25, 0.3) is 16.7 Å². The average Bonchev–Trinajstić information content (AvgIpc) is 2.92. The quantitative estimate of drug-likeness (QED) is 0.668. The van der Waals surface area contributed by atoms with Crippen molar-refractivity contribution in [3.05, 3.63) is 46.0 Å². The predicted molar refractivity (Wildman–Crippen MR) is 98.6 cm³/mol. The van der Waals surface area contributed by atoms with Crippen molar-refractivity contribution >= 4 is 22.6 Å². The summed E-state index contributed by atoms with van der Waals surface area (Å²) in [6, 6.07) is 5.40. The lowest BCUT2D eigenvalue weighted by Crippen LogP contribution is -2.48. The Morgan fingerprint density at radius 3 is 2.62 bits per heavy atom. The van der Waals surface area contributed by atoms with E-state index in [9.17, 15) is 9.59 Å². The number of amides is 1. The van der Waals surface area contributed by atoms with Crippen LogP contribution >= 0.6 is 0 Å². The minimum absolute atomic E-state index is 0.00799. The maximum Gasteiger partial charge on any atom is 0.270 e. The molecule has 0 aliphatic carbocycles. The number of hydrogen-bond donors (Lipinski definition) is 0. The van der Waals surface area contributed by atoms with E-state index in [4.69, 9.17) is 4.74 Å². The third kappa shape index (κ3) is 2.50. The van der Waals surface area contributed by atoms with Gasteiger partial charge in [-0.05, 0) is 38.5 Å². The van der Waals surface area contributed by atoms with E-state index < -0.39 is 0 Å². The van der Waals surface area contributed by atoms with E-state index in [2.05, 4.69) is 4.98 Å². The van der Waals surface area contributed by atoms with Crippen LogP contribution in [0.5, 0.6) is 0 Å². The third-order valence-electron chi connectivity index (χ3n) is 4.95. The number of carbonyl (C=O) groups is 1. The molecule has 0 bridgehead atoms. The van der Waals surface area contributed by atoms with Crippen LogP contribution in [-0.4, -0.2) is 50.1 Å². The highest BCUT2D eigenvalue weighted by Crippen LogP contribution is 2.20. The Morgan fingerprint density at radius 2 is 1.92 bits per heavy atom. The van der Waals surface area contributed by atoms with Crippen LogP contribution in [0.3, 0.4) is 0 Å². The number of rotatable bonds is 1. The lowest BCUT2D eigenvalue weighted by molar-refractivity contribution is -0.0588. The van der Waals surface area contributed by atoms with Crippen molar-refractivity contribution in [3.63, 3.8) is 0 Å². The van der Waals surface area contributed by atoms with Crippen LogP contribution < -0.4 is 5.56 Å². The monoisotopic (exact) mass is 354 g/mol. The summed E-state index contributed by atoms with van der Waals surface area (Å²) in [5, 5.41) is 0.452. The molecule has 0 saturated carbocycles. The molecule has 1 saturated heterocycles. The van der Waals surface area contributed by atoms with Gasteiger partial charge < -0.3 is 14.2 Å². The van der Waals surface area contributed by atoms with Gasteiger partial charge in [-0.1, -0.05) is 6.07 Å². The second-order valence-corrected chi connectivity index (χ2v) is 7.10. The number of fused-ring (bicyclic) bond motifs is 2. The zero-order valence-electron chi connectivity index (χ0n) is 15.4. The first kappa shape index (κ1) is 16.8. The lowest BCUT2D eigenvalue weighted by atomic mass is 10.2. The van der Waals surface area contributed by atoms with Crippen molar-refractivity contribution in [1.29, 1.82) is 0 Å². The molecule has 1 fully saturated rings. The number of carbonyl (C=O) groups excluding carboxylic acids is 1. The van der Waals surface area contributed by atoms with Crippen molar-refractivity contribution in [2.24, 2.45) is 7.05 Å². The SMILES string of the molecule is Cc1cccn2c(=O)c3cc(C(=O)N4C[C@@H](C)O[C@@H](C)C4)n(C)c3nc12. The highest BCUT2D eigenvalue weighted by Gasteiger charge is 2.29. The molecule has 4 heterocycles. The van der Waals surface area contributed by atoms with Gasteiger partial charge in [-0.3, -0.25) is 14.0 Å². The predicted octanol–water partition coefficient (Wildman–Crippen LogP) is 1.74. The number of aromatic nitrogens is 3. The number of aryl methyl sites for hydroxylation is 2. The van der Waals surface area contributed by atoms with Crippen LogP contribution in [-0.2, 0) is 11.8 Å². The van der Waals surface area contributed by atoms with E-state index in [-0.39, 0.29) is 23.7 Å². The molecule has 0 N–H and O–H groups in total. The van der Waals surface area contributed by atoms with Crippen LogP contribution in [0.2, 0.25) is 0 Å². The second kappa shape index (κ2) is 5.95. The molecule has 1 amide bonds. The van der Waals surface area contributed by atoms with Gasteiger partial charge in [-0.25, -0.2) is 4.98 Å². The molecule has 1 aliphatic rings. The van der Waals surface area contributed by atoms with Crippen LogP contribution in [0.15, 0.2) is 29.2 Å². The zero-order valence-corrected chi connectivity index (χ0v) is 15.4. The van der Waals surface area contributed by atoms with Crippen molar-refractivity contribution in [3.8, 4) is 0 Å². The molecule has 1 aliphatic heterocycles. The largest absolute Gasteiger partial charge is 0.372 e. The van der Waals surface area contributed by atoms with Gasteiger partial charge in [0.2, 0.25) is 0 Å². The lowest BCUT2D eigenvalue weighted by Gasteiger charge is -2.35. The fraction of sp³-hybridized carbons (Fsp3) is 0.421. The molecule has 4 rings (SSSR count). The van der Waals surface area contributed by atoms with Crippen molar-refractivity contribution < 1.29 is 9.53 Å². The van der Waals surface area contributed by atoms with Gasteiger partial charge in [-0.15, -0.1) is 0 Å². The number of morpholine rings is 1. The Hall–Kier alpha value is -2.67. The molecule has 3 aromatic rings. The molecule has 0 spiro atoms. The fourth-order valence-corrected chi connectivity index (χ4v) is 3.74. The van der Waals surface area contributed by atoms with Gasteiger partial charge in [0.1, 0.15) is 17.0 Å². The normalized spacial score (nSPS) is 20.8. The maximum absolute atomic E-state index is 13.1. The Bertz CT molecular complexity index is 1070. The summed E-state index contributed by atoms with van der Waals surface area (Å²) in [5.41, 5.74) is 2.36. The Kier molecular flexibility index (Phi) is 3.84. The smallest absolute Gasteiger partial charge is 0.270 e. The van der Waals surface area contributed by atoms with Crippen molar-refractivity contribution in [2.75, 3.05) is 13.1 Å². The number of ether oxygens (including phenoxy) is 1. The molecule has 3 aromatic heterocycles. The Labute approximate surface area is 150 Å². The summed E-state index contributed by atoms with van der Waals surface area (Å²) in [5.74, 6) is -0.0994. The van der Waals surface area contributed by atoms with Gasteiger partial charge >= 0.3 is 0 Å². The number of hydrogen-bond acceptors (Lipinski definition) is 4. The molecule has 2 atom stereocenters. The van der Waals surface area contributed by atoms with E-state index in [1.807, 2.05) is 32.9 Å². The average molecular weight is 354 g/mol. The maximum atomic E-state index is 13.1. The number of pyridine rings is 1. The molecular weight excluding hydrogens is 332 g/mol. The Morgan fingerprint density at radius 1 is 1.23 bits per heavy atom. The van der Waals surface area contributed by atoms with Gasteiger partial charge in [0.05, 0.1) is 17.6 Å². The molecular formula is C19H22N4O3. The van der Waals surface area contributed by atoms with Crippen LogP contribution in [0.4, 0.5) is 0 Å². The number of nitrogens with zero attached hydrogens (tertiary/aromatic N) is 4. The first-order chi connectivity index (χ1) is 12.4. The highest BCUT2D eigenvalue weighted by molar-refractivity contribution is 5.98. The molecule has 26 heavy (non-hydrogen) atoms. The third-order valence-corrected chi connectivity index (χ3v) is 4.95. The fourth-order valence-electron chi connectivity index (χ4n) is 3.74. The van der Waals surface area contributed by atoms with Gasteiger partial charge in [0.25, 0.3) is 11.5 Å². The van der Waals surface area contributed by atoms with Gasteiger partial charge in [0, 0.05) is 26.3 Å². The summed E-state index contributed by atoms with van der Waals surface area (Å²) >= 11 is 0.